The van der Waals surface area contributed by atoms with Crippen LogP contribution in [0.3, 0.4) is 0 Å². The van der Waals surface area contributed by atoms with E-state index in [2.05, 4.69) is 10.6 Å². The van der Waals surface area contributed by atoms with Crippen LogP contribution < -0.4 is 10.6 Å². The minimum absolute atomic E-state index is 0.0888. The molecule has 0 aliphatic rings. The number of carboxylic acid groups (broad SMARTS) is 1. The number of rotatable bonds is 8. The maximum atomic E-state index is 13.3. The average Bonchev–Trinajstić information content (AvgIpc) is 3.40. The highest BCUT2D eigenvalue weighted by Crippen LogP contribution is 2.37. The molecule has 9 heteroatoms. The third-order valence-corrected chi connectivity index (χ3v) is 7.34. The van der Waals surface area contributed by atoms with Crippen LogP contribution in [0.2, 0.25) is 5.02 Å². The van der Waals surface area contributed by atoms with Crippen LogP contribution in [0, 0.1) is 0 Å². The number of hydrogen-bond donors (Lipinski definition) is 3. The molecule has 0 saturated heterocycles. The van der Waals surface area contributed by atoms with Gasteiger partial charge in [-0.2, -0.15) is 0 Å². The number of hydrogen-bond acceptors (Lipinski definition) is 5. The highest BCUT2D eigenvalue weighted by atomic mass is 35.5. The standard InChI is InChI=1S/C26H19ClN2O4S2/c27-21-12-11-18(15-20(21)26(32)33)29-25(31)23(16-6-2-1-3-7-16)35-19-9-4-8-17(14-19)28-24(30)22-10-5-13-34-22/h1-15,23H,(H,28,30)(H,29,31)(H,32,33). The lowest BCUT2D eigenvalue weighted by atomic mass is 10.1. The van der Waals surface area contributed by atoms with Crippen molar-refractivity contribution < 1.29 is 19.5 Å². The lowest BCUT2D eigenvalue weighted by Gasteiger charge is -2.18. The molecule has 0 spiro atoms. The van der Waals surface area contributed by atoms with E-state index in [0.29, 0.717) is 16.3 Å². The molecule has 1 aromatic heterocycles. The van der Waals surface area contributed by atoms with Crippen molar-refractivity contribution in [3.8, 4) is 0 Å². The van der Waals surface area contributed by atoms with Crippen molar-refractivity contribution in [1.29, 1.82) is 0 Å². The Hall–Kier alpha value is -3.59. The summed E-state index contributed by atoms with van der Waals surface area (Å²) in [5, 5.41) is 16.3. The number of nitrogens with one attached hydrogen (secondary N) is 2. The Kier molecular flexibility index (Phi) is 7.87. The summed E-state index contributed by atoms with van der Waals surface area (Å²) in [6.45, 7) is 0. The smallest absolute Gasteiger partial charge is 0.337 e. The fraction of sp³-hybridized carbons (Fsp3) is 0.0385. The summed E-state index contributed by atoms with van der Waals surface area (Å²) in [6.07, 6.45) is 0. The van der Waals surface area contributed by atoms with Gasteiger partial charge in [-0.1, -0.05) is 54.1 Å². The van der Waals surface area contributed by atoms with Crippen molar-refractivity contribution in [3.05, 3.63) is 111 Å². The number of aromatic carboxylic acids is 1. The quantitative estimate of drug-likeness (QED) is 0.220. The van der Waals surface area contributed by atoms with Gasteiger partial charge >= 0.3 is 5.97 Å². The second-order valence-corrected chi connectivity index (χ2v) is 9.89. The Bertz CT molecular complexity index is 1360. The van der Waals surface area contributed by atoms with Gasteiger partial charge in [-0.15, -0.1) is 23.1 Å². The zero-order valence-electron chi connectivity index (χ0n) is 18.1. The van der Waals surface area contributed by atoms with Crippen LogP contribution in [0.4, 0.5) is 11.4 Å². The summed E-state index contributed by atoms with van der Waals surface area (Å²) in [7, 11) is 0. The highest BCUT2D eigenvalue weighted by Gasteiger charge is 2.23. The maximum Gasteiger partial charge on any atom is 0.337 e. The maximum absolute atomic E-state index is 13.3. The molecule has 3 aromatic carbocycles. The third kappa shape index (κ3) is 6.30. The van der Waals surface area contributed by atoms with E-state index in [1.54, 1.807) is 18.2 Å². The predicted octanol–water partition coefficient (Wildman–Crippen LogP) is 6.82. The number of benzene rings is 3. The Balaban J connectivity index is 1.56. The van der Waals surface area contributed by atoms with E-state index in [4.69, 9.17) is 11.6 Å². The molecular weight excluding hydrogens is 504 g/mol. The fourth-order valence-electron chi connectivity index (χ4n) is 3.26. The van der Waals surface area contributed by atoms with E-state index in [1.165, 1.54) is 35.2 Å². The molecule has 0 radical (unpaired) electrons. The van der Waals surface area contributed by atoms with Crippen LogP contribution in [0.5, 0.6) is 0 Å². The number of amides is 2. The Labute approximate surface area is 215 Å². The average molecular weight is 523 g/mol. The molecule has 3 N–H and O–H groups in total. The molecule has 176 valence electrons. The van der Waals surface area contributed by atoms with E-state index < -0.39 is 11.2 Å². The van der Waals surface area contributed by atoms with Gasteiger partial charge < -0.3 is 15.7 Å². The van der Waals surface area contributed by atoms with Gasteiger partial charge in [0.05, 0.1) is 15.5 Å². The molecule has 0 bridgehead atoms. The normalized spacial score (nSPS) is 11.5. The van der Waals surface area contributed by atoms with Crippen LogP contribution in [-0.4, -0.2) is 22.9 Å². The summed E-state index contributed by atoms with van der Waals surface area (Å²) in [5.74, 6) is -1.70. The molecular formula is C26H19ClN2O4S2. The van der Waals surface area contributed by atoms with Gasteiger partial charge in [0.25, 0.3) is 5.91 Å². The lowest BCUT2D eigenvalue weighted by molar-refractivity contribution is -0.115. The van der Waals surface area contributed by atoms with Crippen molar-refractivity contribution >= 4 is 63.9 Å². The minimum Gasteiger partial charge on any atom is -0.478 e. The first-order valence-corrected chi connectivity index (χ1v) is 12.5. The molecule has 2 amide bonds. The number of thioether (sulfide) groups is 1. The van der Waals surface area contributed by atoms with Crippen LogP contribution in [0.1, 0.15) is 30.8 Å². The van der Waals surface area contributed by atoms with Crippen molar-refractivity contribution in [1.82, 2.24) is 0 Å². The Morgan fingerprint density at radius 1 is 0.857 bits per heavy atom. The van der Waals surface area contributed by atoms with Gasteiger partial charge in [0.2, 0.25) is 5.91 Å². The van der Waals surface area contributed by atoms with E-state index in [1.807, 2.05) is 60.0 Å². The molecule has 0 aliphatic carbocycles. The van der Waals surface area contributed by atoms with E-state index in [9.17, 15) is 19.5 Å². The molecule has 35 heavy (non-hydrogen) atoms. The van der Waals surface area contributed by atoms with Crippen molar-refractivity contribution in [2.75, 3.05) is 10.6 Å². The Morgan fingerprint density at radius 2 is 1.63 bits per heavy atom. The minimum atomic E-state index is -1.18. The molecule has 0 aliphatic heterocycles. The van der Waals surface area contributed by atoms with Crippen molar-refractivity contribution in [2.45, 2.75) is 10.1 Å². The first kappa shape index (κ1) is 24.5. The Morgan fingerprint density at radius 3 is 2.34 bits per heavy atom. The van der Waals surface area contributed by atoms with Gasteiger partial charge in [-0.05, 0) is 53.4 Å². The third-order valence-electron chi connectivity index (χ3n) is 4.90. The summed E-state index contributed by atoms with van der Waals surface area (Å²) in [6, 6.07) is 24.4. The van der Waals surface area contributed by atoms with Crippen LogP contribution in [-0.2, 0) is 4.79 Å². The lowest BCUT2D eigenvalue weighted by Crippen LogP contribution is -2.19. The number of carbonyl (C=O) groups excluding carboxylic acids is 2. The SMILES string of the molecule is O=C(Nc1cccc(SC(C(=O)Nc2ccc(Cl)c(C(=O)O)c2)c2ccccc2)c1)c1cccs1. The first-order chi connectivity index (χ1) is 16.9. The topological polar surface area (TPSA) is 95.5 Å². The summed E-state index contributed by atoms with van der Waals surface area (Å²) in [4.78, 5) is 38.5. The molecule has 4 aromatic rings. The zero-order chi connectivity index (χ0) is 24.8. The van der Waals surface area contributed by atoms with Gasteiger partial charge in [0, 0.05) is 16.3 Å². The number of carbonyl (C=O) groups is 3. The molecule has 0 saturated carbocycles. The second-order valence-electron chi connectivity index (χ2n) is 7.36. The number of thiophene rings is 1. The zero-order valence-corrected chi connectivity index (χ0v) is 20.5. The molecule has 0 fully saturated rings. The van der Waals surface area contributed by atoms with Crippen LogP contribution >= 0.6 is 34.7 Å². The molecule has 1 heterocycles. The number of carboxylic acids is 1. The van der Waals surface area contributed by atoms with Gasteiger partial charge in [0.1, 0.15) is 5.25 Å². The molecule has 1 atom stereocenters. The van der Waals surface area contributed by atoms with E-state index in [0.717, 1.165) is 10.5 Å². The monoisotopic (exact) mass is 522 g/mol. The summed E-state index contributed by atoms with van der Waals surface area (Å²) >= 11 is 8.62. The van der Waals surface area contributed by atoms with Crippen LogP contribution in [0.15, 0.2) is 95.2 Å². The van der Waals surface area contributed by atoms with Crippen molar-refractivity contribution in [2.24, 2.45) is 0 Å². The number of halogens is 1. The van der Waals surface area contributed by atoms with Gasteiger partial charge in [0.15, 0.2) is 0 Å². The molecule has 1 unspecified atom stereocenters. The second kappa shape index (κ2) is 11.2. The largest absolute Gasteiger partial charge is 0.478 e. The van der Waals surface area contributed by atoms with Crippen molar-refractivity contribution in [3.63, 3.8) is 0 Å². The fourth-order valence-corrected chi connectivity index (χ4v) is 5.16. The number of anilines is 2. The predicted molar refractivity (Wildman–Crippen MR) is 141 cm³/mol. The summed E-state index contributed by atoms with van der Waals surface area (Å²) < 4.78 is 0. The van der Waals surface area contributed by atoms with Crippen LogP contribution in [0.25, 0.3) is 0 Å². The van der Waals surface area contributed by atoms with E-state index >= 15 is 0 Å². The van der Waals surface area contributed by atoms with Gasteiger partial charge in [-0.3, -0.25) is 9.59 Å². The molecule has 4 rings (SSSR count). The van der Waals surface area contributed by atoms with Gasteiger partial charge in [-0.25, -0.2) is 4.79 Å². The first-order valence-electron chi connectivity index (χ1n) is 10.4. The summed E-state index contributed by atoms with van der Waals surface area (Å²) in [5.41, 5.74) is 1.62. The highest BCUT2D eigenvalue weighted by molar-refractivity contribution is 8.00. The molecule has 6 nitrogen and oxygen atoms in total. The van der Waals surface area contributed by atoms with E-state index in [-0.39, 0.29) is 22.4 Å².